The minimum atomic E-state index is 0.162. The van der Waals surface area contributed by atoms with Crippen molar-refractivity contribution < 1.29 is 9.53 Å². The fourth-order valence-electron chi connectivity index (χ4n) is 2.36. The van der Waals surface area contributed by atoms with Gasteiger partial charge in [0.05, 0.1) is 12.1 Å². The Morgan fingerprint density at radius 1 is 1.31 bits per heavy atom. The monoisotopic (exact) mass is 226 g/mol. The van der Waals surface area contributed by atoms with Gasteiger partial charge in [-0.3, -0.25) is 4.79 Å². The summed E-state index contributed by atoms with van der Waals surface area (Å²) in [5.74, 6) is 0.867. The van der Waals surface area contributed by atoms with Crippen LogP contribution in [0.4, 0.5) is 0 Å². The SMILES string of the molecule is NCCCCC(=O)NC1CCOC1C1CC1. The number of carbonyl (C=O) groups is 1. The first-order chi connectivity index (χ1) is 7.81. The van der Waals surface area contributed by atoms with Crippen LogP contribution in [0.3, 0.4) is 0 Å². The lowest BCUT2D eigenvalue weighted by Gasteiger charge is -2.19. The maximum Gasteiger partial charge on any atom is 0.220 e. The predicted octanol–water partition coefficient (Wildman–Crippen LogP) is 0.799. The topological polar surface area (TPSA) is 64.4 Å². The first kappa shape index (κ1) is 11.9. The zero-order chi connectivity index (χ0) is 11.4. The number of unbranched alkanes of at least 4 members (excludes halogenated alkanes) is 1. The second kappa shape index (κ2) is 5.64. The van der Waals surface area contributed by atoms with Gasteiger partial charge in [-0.15, -0.1) is 0 Å². The minimum Gasteiger partial charge on any atom is -0.376 e. The molecule has 1 amide bonds. The van der Waals surface area contributed by atoms with Crippen LogP contribution in [0.2, 0.25) is 0 Å². The van der Waals surface area contributed by atoms with E-state index in [1.165, 1.54) is 12.8 Å². The van der Waals surface area contributed by atoms with Gasteiger partial charge >= 0.3 is 0 Å². The fraction of sp³-hybridized carbons (Fsp3) is 0.917. The zero-order valence-electron chi connectivity index (χ0n) is 9.78. The molecule has 0 aromatic rings. The molecule has 4 heteroatoms. The molecule has 1 saturated carbocycles. The summed E-state index contributed by atoms with van der Waals surface area (Å²) < 4.78 is 5.68. The Kier molecular flexibility index (Phi) is 4.18. The van der Waals surface area contributed by atoms with Crippen molar-refractivity contribution in [2.24, 2.45) is 11.7 Å². The number of nitrogens with two attached hydrogens (primary N) is 1. The lowest BCUT2D eigenvalue weighted by molar-refractivity contribution is -0.122. The van der Waals surface area contributed by atoms with E-state index in [9.17, 15) is 4.79 Å². The van der Waals surface area contributed by atoms with Gasteiger partial charge in [-0.05, 0) is 44.6 Å². The van der Waals surface area contributed by atoms with Gasteiger partial charge in [-0.2, -0.15) is 0 Å². The molecular formula is C12H22N2O2. The van der Waals surface area contributed by atoms with Crippen molar-refractivity contribution in [3.8, 4) is 0 Å². The van der Waals surface area contributed by atoms with Gasteiger partial charge in [0.1, 0.15) is 0 Å². The lowest BCUT2D eigenvalue weighted by atomic mass is 10.1. The summed E-state index contributed by atoms with van der Waals surface area (Å²) in [6.45, 7) is 1.47. The van der Waals surface area contributed by atoms with E-state index in [0.717, 1.165) is 25.9 Å². The number of amides is 1. The molecule has 0 aromatic carbocycles. The van der Waals surface area contributed by atoms with Gasteiger partial charge in [0.25, 0.3) is 0 Å². The molecule has 2 rings (SSSR count). The molecule has 2 fully saturated rings. The number of hydrogen-bond acceptors (Lipinski definition) is 3. The second-order valence-corrected chi connectivity index (χ2v) is 4.88. The van der Waals surface area contributed by atoms with Gasteiger partial charge in [0.15, 0.2) is 0 Å². The van der Waals surface area contributed by atoms with E-state index < -0.39 is 0 Å². The highest BCUT2D eigenvalue weighted by Crippen LogP contribution is 2.38. The Balaban J connectivity index is 1.69. The van der Waals surface area contributed by atoms with Gasteiger partial charge in [0.2, 0.25) is 5.91 Å². The normalized spacial score (nSPS) is 29.3. The number of hydrogen-bond donors (Lipinski definition) is 2. The first-order valence-electron chi connectivity index (χ1n) is 6.42. The number of nitrogens with one attached hydrogen (secondary N) is 1. The highest BCUT2D eigenvalue weighted by molar-refractivity contribution is 5.76. The Morgan fingerprint density at radius 2 is 2.12 bits per heavy atom. The average molecular weight is 226 g/mol. The summed E-state index contributed by atoms with van der Waals surface area (Å²) in [5, 5.41) is 3.10. The molecule has 4 nitrogen and oxygen atoms in total. The van der Waals surface area contributed by atoms with Crippen molar-refractivity contribution in [2.45, 2.75) is 50.7 Å². The van der Waals surface area contributed by atoms with Crippen molar-refractivity contribution in [3.05, 3.63) is 0 Å². The average Bonchev–Trinajstić information content (AvgIpc) is 3.01. The summed E-state index contributed by atoms with van der Waals surface area (Å²) in [6.07, 6.45) is 6.23. The Morgan fingerprint density at radius 3 is 2.81 bits per heavy atom. The van der Waals surface area contributed by atoms with Crippen LogP contribution in [0.25, 0.3) is 0 Å². The minimum absolute atomic E-state index is 0.162. The fourth-order valence-corrected chi connectivity index (χ4v) is 2.36. The third kappa shape index (κ3) is 3.19. The third-order valence-electron chi connectivity index (χ3n) is 3.43. The smallest absolute Gasteiger partial charge is 0.220 e. The van der Waals surface area contributed by atoms with Crippen molar-refractivity contribution in [1.82, 2.24) is 5.32 Å². The summed E-state index contributed by atoms with van der Waals surface area (Å²) in [4.78, 5) is 11.7. The van der Waals surface area contributed by atoms with Crippen LogP contribution >= 0.6 is 0 Å². The highest BCUT2D eigenvalue weighted by atomic mass is 16.5. The quantitative estimate of drug-likeness (QED) is 0.658. The molecule has 16 heavy (non-hydrogen) atoms. The van der Waals surface area contributed by atoms with Crippen LogP contribution < -0.4 is 11.1 Å². The highest BCUT2D eigenvalue weighted by Gasteiger charge is 2.40. The zero-order valence-corrected chi connectivity index (χ0v) is 9.78. The van der Waals surface area contributed by atoms with E-state index in [4.69, 9.17) is 10.5 Å². The van der Waals surface area contributed by atoms with Crippen molar-refractivity contribution in [1.29, 1.82) is 0 Å². The van der Waals surface area contributed by atoms with Crippen molar-refractivity contribution in [2.75, 3.05) is 13.2 Å². The third-order valence-corrected chi connectivity index (χ3v) is 3.43. The van der Waals surface area contributed by atoms with E-state index in [-0.39, 0.29) is 11.9 Å². The second-order valence-electron chi connectivity index (χ2n) is 4.88. The molecule has 1 heterocycles. The summed E-state index contributed by atoms with van der Waals surface area (Å²) in [7, 11) is 0. The Hall–Kier alpha value is -0.610. The molecule has 0 aromatic heterocycles. The Labute approximate surface area is 96.9 Å². The van der Waals surface area contributed by atoms with Gasteiger partial charge in [0, 0.05) is 13.0 Å². The largest absolute Gasteiger partial charge is 0.376 e. The van der Waals surface area contributed by atoms with Gasteiger partial charge < -0.3 is 15.8 Å². The van der Waals surface area contributed by atoms with E-state index in [1.54, 1.807) is 0 Å². The molecule has 0 bridgehead atoms. The van der Waals surface area contributed by atoms with Crippen LogP contribution in [0, 0.1) is 5.92 Å². The summed E-state index contributed by atoms with van der Waals surface area (Å²) >= 11 is 0. The summed E-state index contributed by atoms with van der Waals surface area (Å²) in [5.41, 5.74) is 5.40. The van der Waals surface area contributed by atoms with Crippen LogP contribution in [0.15, 0.2) is 0 Å². The molecule has 3 N–H and O–H groups in total. The predicted molar refractivity (Wildman–Crippen MR) is 61.9 cm³/mol. The number of carbonyl (C=O) groups excluding carboxylic acids is 1. The van der Waals surface area contributed by atoms with E-state index in [0.29, 0.717) is 25.0 Å². The first-order valence-corrected chi connectivity index (χ1v) is 6.42. The van der Waals surface area contributed by atoms with Crippen LogP contribution in [0.5, 0.6) is 0 Å². The molecule has 1 aliphatic carbocycles. The molecule has 1 saturated heterocycles. The number of ether oxygens (including phenoxy) is 1. The molecule has 1 aliphatic heterocycles. The van der Waals surface area contributed by atoms with Crippen LogP contribution in [0.1, 0.15) is 38.5 Å². The van der Waals surface area contributed by atoms with Crippen molar-refractivity contribution >= 4 is 5.91 Å². The summed E-state index contributed by atoms with van der Waals surface area (Å²) in [6, 6.07) is 0.262. The van der Waals surface area contributed by atoms with Crippen molar-refractivity contribution in [3.63, 3.8) is 0 Å². The van der Waals surface area contributed by atoms with Crippen LogP contribution in [-0.2, 0) is 9.53 Å². The van der Waals surface area contributed by atoms with E-state index in [1.807, 2.05) is 0 Å². The molecule has 92 valence electrons. The van der Waals surface area contributed by atoms with E-state index in [2.05, 4.69) is 5.32 Å². The number of rotatable bonds is 6. The molecule has 2 aliphatic rings. The maximum absolute atomic E-state index is 11.7. The molecule has 2 atom stereocenters. The molecular weight excluding hydrogens is 204 g/mol. The van der Waals surface area contributed by atoms with E-state index >= 15 is 0 Å². The molecule has 0 radical (unpaired) electrons. The molecule has 0 spiro atoms. The van der Waals surface area contributed by atoms with Gasteiger partial charge in [-0.25, -0.2) is 0 Å². The molecule has 2 unspecified atom stereocenters. The standard InChI is InChI=1S/C12H22N2O2/c13-7-2-1-3-11(15)14-10-6-8-16-12(10)9-4-5-9/h9-10,12H,1-8,13H2,(H,14,15). The maximum atomic E-state index is 11.7. The lowest BCUT2D eigenvalue weighted by Crippen LogP contribution is -2.41. The Bertz CT molecular complexity index is 241. The van der Waals surface area contributed by atoms with Gasteiger partial charge in [-0.1, -0.05) is 0 Å². The van der Waals surface area contributed by atoms with Crippen LogP contribution in [-0.4, -0.2) is 31.2 Å².